The minimum Gasteiger partial charge on any atom is -0.379 e. The van der Waals surface area contributed by atoms with Gasteiger partial charge < -0.3 is 16.0 Å². The van der Waals surface area contributed by atoms with Crippen LogP contribution in [0.2, 0.25) is 0 Å². The summed E-state index contributed by atoms with van der Waals surface area (Å²) in [6.45, 7) is 9.29. The molecule has 0 aliphatic heterocycles. The van der Waals surface area contributed by atoms with Crippen molar-refractivity contribution < 1.29 is 0 Å². The van der Waals surface area contributed by atoms with Crippen molar-refractivity contribution in [3.05, 3.63) is 95.2 Å². The molecule has 0 aliphatic carbocycles. The van der Waals surface area contributed by atoms with Gasteiger partial charge in [-0.25, -0.2) is 0 Å². The Balaban J connectivity index is 2.05. The van der Waals surface area contributed by atoms with Crippen LogP contribution in [0.4, 0.5) is 0 Å². The van der Waals surface area contributed by atoms with Crippen LogP contribution in [-0.4, -0.2) is 19.3 Å². The molecular formula is C24H31N3. The molecule has 1 unspecified atom stereocenters. The van der Waals surface area contributed by atoms with Crippen LogP contribution in [0.25, 0.3) is 0 Å². The van der Waals surface area contributed by atoms with Gasteiger partial charge in [-0.1, -0.05) is 61.5 Å². The standard InChI is InChI=1S/C24H31N3/c1-5-20-9-7-10-21(17-20)23(25)13-12-19(3)27-24(14-15-26-4)22-11-6-8-18(2)16-22/h6-13,16-17,24-27H,3,5,14-15H2,1-2,4H3/b13-12-,25-23?. The third kappa shape index (κ3) is 6.54. The van der Waals surface area contributed by atoms with E-state index in [1.165, 1.54) is 16.7 Å². The zero-order chi connectivity index (χ0) is 19.6. The summed E-state index contributed by atoms with van der Waals surface area (Å²) in [6.07, 6.45) is 5.64. The van der Waals surface area contributed by atoms with Crippen molar-refractivity contribution in [3.63, 3.8) is 0 Å². The van der Waals surface area contributed by atoms with Crippen LogP contribution in [0.3, 0.4) is 0 Å². The van der Waals surface area contributed by atoms with Gasteiger partial charge in [0.05, 0.1) is 11.8 Å². The summed E-state index contributed by atoms with van der Waals surface area (Å²) in [4.78, 5) is 0. The van der Waals surface area contributed by atoms with E-state index >= 15 is 0 Å². The minimum atomic E-state index is 0.187. The summed E-state index contributed by atoms with van der Waals surface area (Å²) in [6, 6.07) is 16.9. The Labute approximate surface area is 163 Å². The van der Waals surface area contributed by atoms with Crippen LogP contribution in [0.1, 0.15) is 41.6 Å². The van der Waals surface area contributed by atoms with E-state index < -0.39 is 0 Å². The molecule has 0 heterocycles. The van der Waals surface area contributed by atoms with Gasteiger partial charge in [-0.05, 0) is 68.3 Å². The molecule has 2 aromatic rings. The topological polar surface area (TPSA) is 47.9 Å². The second-order valence-electron chi connectivity index (χ2n) is 6.83. The fourth-order valence-electron chi connectivity index (χ4n) is 3.01. The van der Waals surface area contributed by atoms with Crippen LogP contribution < -0.4 is 10.6 Å². The van der Waals surface area contributed by atoms with E-state index in [4.69, 9.17) is 5.41 Å². The predicted molar refractivity (Wildman–Crippen MR) is 117 cm³/mol. The normalized spacial score (nSPS) is 12.1. The summed E-state index contributed by atoms with van der Waals surface area (Å²) in [5.41, 5.74) is 6.00. The molecule has 27 heavy (non-hydrogen) atoms. The van der Waals surface area contributed by atoms with E-state index in [1.807, 2.05) is 31.3 Å². The van der Waals surface area contributed by atoms with Gasteiger partial charge in [0.25, 0.3) is 0 Å². The lowest BCUT2D eigenvalue weighted by molar-refractivity contribution is 0.542. The van der Waals surface area contributed by atoms with Crippen molar-refractivity contribution in [2.24, 2.45) is 0 Å². The molecule has 0 radical (unpaired) electrons. The van der Waals surface area contributed by atoms with Crippen LogP contribution in [-0.2, 0) is 6.42 Å². The van der Waals surface area contributed by atoms with Gasteiger partial charge in [-0.15, -0.1) is 0 Å². The highest BCUT2D eigenvalue weighted by Gasteiger charge is 2.11. The van der Waals surface area contributed by atoms with Gasteiger partial charge in [-0.3, -0.25) is 0 Å². The molecule has 3 heteroatoms. The van der Waals surface area contributed by atoms with Crippen molar-refractivity contribution in [2.45, 2.75) is 32.7 Å². The lowest BCUT2D eigenvalue weighted by Gasteiger charge is -2.21. The average Bonchev–Trinajstić information content (AvgIpc) is 2.69. The molecule has 0 saturated carbocycles. The predicted octanol–water partition coefficient (Wildman–Crippen LogP) is 4.94. The Morgan fingerprint density at radius 2 is 1.93 bits per heavy atom. The van der Waals surface area contributed by atoms with Crippen LogP contribution in [0.15, 0.2) is 73.0 Å². The third-order valence-corrected chi connectivity index (χ3v) is 4.58. The minimum absolute atomic E-state index is 0.187. The van der Waals surface area contributed by atoms with Crippen LogP contribution in [0.5, 0.6) is 0 Å². The number of allylic oxidation sites excluding steroid dienone is 2. The highest BCUT2D eigenvalue weighted by Crippen LogP contribution is 2.19. The molecule has 0 spiro atoms. The Morgan fingerprint density at radius 3 is 2.63 bits per heavy atom. The quantitative estimate of drug-likeness (QED) is 0.415. The fourth-order valence-corrected chi connectivity index (χ4v) is 3.01. The maximum atomic E-state index is 8.31. The maximum Gasteiger partial charge on any atom is 0.0613 e. The van der Waals surface area contributed by atoms with Gasteiger partial charge in [-0.2, -0.15) is 0 Å². The first kappa shape index (κ1) is 20.7. The number of hydrogen-bond donors (Lipinski definition) is 3. The molecule has 0 aromatic heterocycles. The Morgan fingerprint density at radius 1 is 1.15 bits per heavy atom. The molecule has 3 nitrogen and oxygen atoms in total. The summed E-state index contributed by atoms with van der Waals surface area (Å²) >= 11 is 0. The van der Waals surface area contributed by atoms with E-state index in [0.29, 0.717) is 5.71 Å². The van der Waals surface area contributed by atoms with Crippen molar-refractivity contribution >= 4 is 5.71 Å². The number of benzene rings is 2. The van der Waals surface area contributed by atoms with Crippen LogP contribution in [0, 0.1) is 12.3 Å². The molecule has 0 fully saturated rings. The fraction of sp³-hybridized carbons (Fsp3) is 0.292. The number of nitrogens with one attached hydrogen (secondary N) is 3. The van der Waals surface area contributed by atoms with Gasteiger partial charge >= 0.3 is 0 Å². The molecule has 3 N–H and O–H groups in total. The van der Waals surface area contributed by atoms with Gasteiger partial charge in [0.1, 0.15) is 0 Å². The first-order chi connectivity index (χ1) is 13.0. The van der Waals surface area contributed by atoms with Gasteiger partial charge in [0.2, 0.25) is 0 Å². The van der Waals surface area contributed by atoms with E-state index in [1.54, 1.807) is 0 Å². The monoisotopic (exact) mass is 361 g/mol. The zero-order valence-corrected chi connectivity index (χ0v) is 16.7. The van der Waals surface area contributed by atoms with E-state index in [-0.39, 0.29) is 6.04 Å². The molecule has 0 aliphatic rings. The molecule has 1 atom stereocenters. The maximum absolute atomic E-state index is 8.31. The highest BCUT2D eigenvalue weighted by atomic mass is 14.9. The first-order valence-corrected chi connectivity index (χ1v) is 9.56. The molecule has 2 aromatic carbocycles. The lowest BCUT2D eigenvalue weighted by atomic mass is 10.0. The van der Waals surface area contributed by atoms with Gasteiger partial charge in [0.15, 0.2) is 0 Å². The molecule has 0 saturated heterocycles. The van der Waals surface area contributed by atoms with Crippen LogP contribution >= 0.6 is 0 Å². The number of aryl methyl sites for hydroxylation is 2. The SMILES string of the molecule is C=C(/C=C\C(=N)c1cccc(CC)c1)NC(CCNC)c1cccc(C)c1. The number of rotatable bonds is 10. The van der Waals surface area contributed by atoms with Crippen molar-refractivity contribution in [3.8, 4) is 0 Å². The zero-order valence-electron chi connectivity index (χ0n) is 16.7. The Bertz CT molecular complexity index is 805. The summed E-state index contributed by atoms with van der Waals surface area (Å²) in [5.74, 6) is 0. The molecule has 0 bridgehead atoms. The summed E-state index contributed by atoms with van der Waals surface area (Å²) in [7, 11) is 1.97. The van der Waals surface area contributed by atoms with Gasteiger partial charge in [0, 0.05) is 5.70 Å². The number of hydrogen-bond acceptors (Lipinski definition) is 3. The average molecular weight is 362 g/mol. The first-order valence-electron chi connectivity index (χ1n) is 9.56. The Hall–Kier alpha value is -2.65. The summed E-state index contributed by atoms with van der Waals surface area (Å²) < 4.78 is 0. The van der Waals surface area contributed by atoms with E-state index in [0.717, 1.165) is 30.6 Å². The summed E-state index contributed by atoms with van der Waals surface area (Å²) in [5, 5.41) is 15.0. The van der Waals surface area contributed by atoms with E-state index in [2.05, 4.69) is 67.5 Å². The van der Waals surface area contributed by atoms with Crippen molar-refractivity contribution in [2.75, 3.05) is 13.6 Å². The highest BCUT2D eigenvalue weighted by molar-refractivity contribution is 6.06. The van der Waals surface area contributed by atoms with Crippen molar-refractivity contribution in [1.82, 2.24) is 10.6 Å². The second kappa shape index (κ2) is 10.5. The molecule has 2 rings (SSSR count). The molecule has 0 amide bonds. The lowest BCUT2D eigenvalue weighted by Crippen LogP contribution is -2.23. The van der Waals surface area contributed by atoms with E-state index in [9.17, 15) is 0 Å². The molecule has 142 valence electrons. The largest absolute Gasteiger partial charge is 0.379 e. The third-order valence-electron chi connectivity index (χ3n) is 4.58. The van der Waals surface area contributed by atoms with Crippen molar-refractivity contribution in [1.29, 1.82) is 5.41 Å². The molecular weight excluding hydrogens is 330 g/mol. The second-order valence-corrected chi connectivity index (χ2v) is 6.83. The Kier molecular flexibility index (Phi) is 8.02. The smallest absolute Gasteiger partial charge is 0.0613 e.